The molecule has 0 bridgehead atoms. The minimum Gasteiger partial charge on any atom is -0.507 e. The first-order valence-electron chi connectivity index (χ1n) is 9.50. The third-order valence-electron chi connectivity index (χ3n) is 4.49. The van der Waals surface area contributed by atoms with E-state index in [0.29, 0.717) is 17.1 Å². The van der Waals surface area contributed by atoms with Crippen molar-refractivity contribution >= 4 is 34.4 Å². The summed E-state index contributed by atoms with van der Waals surface area (Å²) in [5.74, 6) is -0.831. The molecule has 0 aliphatic carbocycles. The quantitative estimate of drug-likeness (QED) is 0.371. The number of aromatic hydroxyl groups is 1. The van der Waals surface area contributed by atoms with Crippen LogP contribution in [0.2, 0.25) is 0 Å². The fraction of sp³-hybridized carbons (Fsp3) is 0.174. The number of aryl methyl sites for hydroxylation is 1. The Labute approximate surface area is 180 Å². The SMILES string of the molecule is COC(=O)c1ccc(N=Nc2ccc(N=Nc3ccc(N(C)C)cc3C)cc2)cc1O. The molecule has 1 N–H and O–H groups in total. The molecule has 3 rings (SSSR count). The van der Waals surface area contributed by atoms with Crippen molar-refractivity contribution in [2.24, 2.45) is 20.5 Å². The molecule has 0 saturated heterocycles. The molecule has 0 saturated carbocycles. The Kier molecular flexibility index (Phi) is 6.71. The van der Waals surface area contributed by atoms with Crippen molar-refractivity contribution in [2.75, 3.05) is 26.1 Å². The summed E-state index contributed by atoms with van der Waals surface area (Å²) in [4.78, 5) is 13.5. The van der Waals surface area contributed by atoms with Crippen LogP contribution in [0.3, 0.4) is 0 Å². The molecule has 158 valence electrons. The summed E-state index contributed by atoms with van der Waals surface area (Å²) in [5.41, 5.74) is 4.75. The Morgan fingerprint density at radius 3 is 1.97 bits per heavy atom. The van der Waals surface area contributed by atoms with E-state index in [0.717, 1.165) is 16.9 Å². The number of nitrogens with zero attached hydrogens (tertiary/aromatic N) is 5. The molecule has 0 amide bonds. The maximum absolute atomic E-state index is 11.5. The van der Waals surface area contributed by atoms with E-state index in [2.05, 4.69) is 31.3 Å². The van der Waals surface area contributed by atoms with E-state index in [1.54, 1.807) is 30.3 Å². The Balaban J connectivity index is 1.68. The van der Waals surface area contributed by atoms with E-state index in [1.807, 2.05) is 38.1 Å². The molecule has 0 aliphatic heterocycles. The maximum atomic E-state index is 11.5. The number of anilines is 1. The van der Waals surface area contributed by atoms with Crippen LogP contribution < -0.4 is 4.90 Å². The zero-order valence-corrected chi connectivity index (χ0v) is 17.8. The van der Waals surface area contributed by atoms with Crippen LogP contribution in [0.5, 0.6) is 5.75 Å². The number of rotatable bonds is 6. The predicted molar refractivity (Wildman–Crippen MR) is 120 cm³/mol. The highest BCUT2D eigenvalue weighted by molar-refractivity contribution is 5.92. The molecule has 8 heteroatoms. The lowest BCUT2D eigenvalue weighted by Gasteiger charge is -2.13. The zero-order chi connectivity index (χ0) is 22.4. The summed E-state index contributed by atoms with van der Waals surface area (Å²) < 4.78 is 4.60. The Morgan fingerprint density at radius 2 is 1.42 bits per heavy atom. The predicted octanol–water partition coefficient (Wildman–Crippen LogP) is 6.38. The molecule has 0 spiro atoms. The molecule has 0 unspecified atom stereocenters. The van der Waals surface area contributed by atoms with Gasteiger partial charge in [-0.15, -0.1) is 0 Å². The summed E-state index contributed by atoms with van der Waals surface area (Å²) in [6, 6.07) is 17.5. The largest absolute Gasteiger partial charge is 0.507 e. The van der Waals surface area contributed by atoms with Gasteiger partial charge in [-0.25, -0.2) is 4.79 Å². The van der Waals surface area contributed by atoms with Gasteiger partial charge in [-0.1, -0.05) is 0 Å². The number of benzene rings is 3. The van der Waals surface area contributed by atoms with Crippen molar-refractivity contribution in [1.29, 1.82) is 0 Å². The molecular weight excluding hydrogens is 394 g/mol. The summed E-state index contributed by atoms with van der Waals surface area (Å²) in [6.45, 7) is 2.00. The topological polar surface area (TPSA) is 99.2 Å². The van der Waals surface area contributed by atoms with Crippen LogP contribution in [0.15, 0.2) is 81.1 Å². The highest BCUT2D eigenvalue weighted by Crippen LogP contribution is 2.28. The van der Waals surface area contributed by atoms with Crippen LogP contribution in [-0.4, -0.2) is 32.3 Å². The minimum atomic E-state index is -0.616. The lowest BCUT2D eigenvalue weighted by atomic mass is 10.2. The third-order valence-corrected chi connectivity index (χ3v) is 4.49. The Morgan fingerprint density at radius 1 is 0.839 bits per heavy atom. The minimum absolute atomic E-state index is 0.0720. The lowest BCUT2D eigenvalue weighted by molar-refractivity contribution is 0.0597. The molecule has 0 heterocycles. The van der Waals surface area contributed by atoms with Gasteiger partial charge in [0, 0.05) is 25.8 Å². The van der Waals surface area contributed by atoms with Crippen molar-refractivity contribution in [3.8, 4) is 5.75 Å². The second-order valence-corrected chi connectivity index (χ2v) is 6.97. The van der Waals surface area contributed by atoms with Crippen molar-refractivity contribution < 1.29 is 14.6 Å². The van der Waals surface area contributed by atoms with Gasteiger partial charge in [-0.05, 0) is 67.1 Å². The van der Waals surface area contributed by atoms with Gasteiger partial charge in [0.2, 0.25) is 0 Å². The van der Waals surface area contributed by atoms with Crippen LogP contribution in [0.1, 0.15) is 15.9 Å². The number of phenolic OH excluding ortho intramolecular Hbond substituents is 1. The highest BCUT2D eigenvalue weighted by atomic mass is 16.5. The van der Waals surface area contributed by atoms with E-state index >= 15 is 0 Å². The van der Waals surface area contributed by atoms with Gasteiger partial charge < -0.3 is 14.7 Å². The lowest BCUT2D eigenvalue weighted by Crippen LogP contribution is -2.08. The van der Waals surface area contributed by atoms with Gasteiger partial charge in [-0.3, -0.25) is 0 Å². The van der Waals surface area contributed by atoms with E-state index in [4.69, 9.17) is 0 Å². The van der Waals surface area contributed by atoms with Crippen LogP contribution in [-0.2, 0) is 4.74 Å². The second kappa shape index (κ2) is 9.62. The summed E-state index contributed by atoms with van der Waals surface area (Å²) in [5, 5.41) is 26.7. The Hall–Kier alpha value is -4.07. The molecule has 0 aromatic heterocycles. The smallest absolute Gasteiger partial charge is 0.341 e. The van der Waals surface area contributed by atoms with Crippen molar-refractivity contribution in [3.05, 3.63) is 71.8 Å². The number of hydrogen-bond acceptors (Lipinski definition) is 8. The number of phenols is 1. The molecule has 3 aromatic carbocycles. The standard InChI is InChI=1S/C23H23N5O3/c1-15-13-19(28(2)3)10-12-21(15)27-25-17-7-5-16(6-8-17)24-26-18-9-11-20(22(29)14-18)23(30)31-4/h5-14,29H,1-4H3. The molecule has 31 heavy (non-hydrogen) atoms. The van der Waals surface area contributed by atoms with Crippen molar-refractivity contribution in [2.45, 2.75) is 6.92 Å². The monoisotopic (exact) mass is 417 g/mol. The maximum Gasteiger partial charge on any atom is 0.341 e. The normalized spacial score (nSPS) is 11.2. The summed E-state index contributed by atoms with van der Waals surface area (Å²) in [7, 11) is 5.24. The fourth-order valence-corrected chi connectivity index (χ4v) is 2.71. The highest BCUT2D eigenvalue weighted by Gasteiger charge is 2.11. The average Bonchev–Trinajstić information content (AvgIpc) is 2.77. The van der Waals surface area contributed by atoms with Gasteiger partial charge in [0.05, 0.1) is 29.9 Å². The van der Waals surface area contributed by atoms with Crippen molar-refractivity contribution in [3.63, 3.8) is 0 Å². The fourth-order valence-electron chi connectivity index (χ4n) is 2.71. The third kappa shape index (κ3) is 5.51. The first-order chi connectivity index (χ1) is 14.9. The molecule has 8 nitrogen and oxygen atoms in total. The molecule has 0 atom stereocenters. The van der Waals surface area contributed by atoms with Crippen LogP contribution in [0, 0.1) is 6.92 Å². The number of methoxy groups -OCH3 is 1. The van der Waals surface area contributed by atoms with E-state index < -0.39 is 5.97 Å². The van der Waals surface area contributed by atoms with E-state index in [1.165, 1.54) is 19.2 Å². The zero-order valence-electron chi connectivity index (χ0n) is 17.8. The van der Waals surface area contributed by atoms with Gasteiger partial charge in [0.25, 0.3) is 0 Å². The van der Waals surface area contributed by atoms with E-state index in [9.17, 15) is 9.90 Å². The van der Waals surface area contributed by atoms with Crippen molar-refractivity contribution in [1.82, 2.24) is 0 Å². The van der Waals surface area contributed by atoms with E-state index in [-0.39, 0.29) is 11.3 Å². The summed E-state index contributed by atoms with van der Waals surface area (Å²) in [6.07, 6.45) is 0. The van der Waals surface area contributed by atoms with Crippen LogP contribution in [0.4, 0.5) is 28.4 Å². The number of carbonyl (C=O) groups excluding carboxylic acids is 1. The second-order valence-electron chi connectivity index (χ2n) is 6.97. The number of hydrogen-bond donors (Lipinski definition) is 1. The number of esters is 1. The molecule has 3 aromatic rings. The summed E-state index contributed by atoms with van der Waals surface area (Å²) >= 11 is 0. The van der Waals surface area contributed by atoms with Gasteiger partial charge in [-0.2, -0.15) is 20.5 Å². The number of carbonyl (C=O) groups is 1. The molecular formula is C23H23N5O3. The van der Waals surface area contributed by atoms with Crippen LogP contribution >= 0.6 is 0 Å². The average molecular weight is 417 g/mol. The Bertz CT molecular complexity index is 1140. The molecule has 0 aliphatic rings. The first-order valence-corrected chi connectivity index (χ1v) is 9.50. The number of ether oxygens (including phenoxy) is 1. The van der Waals surface area contributed by atoms with Crippen LogP contribution in [0.25, 0.3) is 0 Å². The number of azo groups is 2. The first kappa shape index (κ1) is 21.6. The van der Waals surface area contributed by atoms with Gasteiger partial charge >= 0.3 is 5.97 Å². The molecule has 0 fully saturated rings. The van der Waals surface area contributed by atoms with Gasteiger partial charge in [0.1, 0.15) is 11.3 Å². The van der Waals surface area contributed by atoms with Gasteiger partial charge in [0.15, 0.2) is 0 Å². The molecule has 0 radical (unpaired) electrons.